The van der Waals surface area contributed by atoms with Crippen molar-refractivity contribution in [3.8, 4) is 0 Å². The number of aliphatic hydroxyl groups is 1. The molecule has 0 aromatic carbocycles. The molecular weight excluding hydrogens is 228 g/mol. The molecule has 0 saturated carbocycles. The average Bonchev–Trinajstić information content (AvgIpc) is 2.35. The van der Waals surface area contributed by atoms with E-state index in [0.717, 1.165) is 38.6 Å². The van der Waals surface area contributed by atoms with E-state index >= 15 is 0 Å². The van der Waals surface area contributed by atoms with Crippen LogP contribution in [0, 0.1) is 0 Å². The van der Waals surface area contributed by atoms with E-state index in [9.17, 15) is 9.90 Å². The fourth-order valence-electron chi connectivity index (χ4n) is 2.47. The largest absolute Gasteiger partial charge is 0.394 e. The van der Waals surface area contributed by atoms with Crippen LogP contribution in [0.5, 0.6) is 0 Å². The molecule has 1 aliphatic heterocycles. The number of amides is 1. The number of hydrogen-bond donors (Lipinski definition) is 3. The van der Waals surface area contributed by atoms with Gasteiger partial charge in [-0.05, 0) is 32.2 Å². The summed E-state index contributed by atoms with van der Waals surface area (Å²) in [5.41, 5.74) is -0.443. The van der Waals surface area contributed by atoms with Crippen molar-refractivity contribution >= 4 is 5.91 Å². The Labute approximate surface area is 111 Å². The van der Waals surface area contributed by atoms with Crippen LogP contribution in [-0.4, -0.2) is 35.7 Å². The monoisotopic (exact) mass is 256 g/mol. The van der Waals surface area contributed by atoms with Gasteiger partial charge in [0.15, 0.2) is 0 Å². The Hall–Kier alpha value is -0.610. The lowest BCUT2D eigenvalue weighted by Crippen LogP contribution is -2.56. The summed E-state index contributed by atoms with van der Waals surface area (Å²) in [5.74, 6) is 0.0506. The quantitative estimate of drug-likeness (QED) is 0.700. The second-order valence-corrected chi connectivity index (χ2v) is 5.34. The lowest BCUT2D eigenvalue weighted by molar-refractivity contribution is -0.126. The highest BCUT2D eigenvalue weighted by Crippen LogP contribution is 2.16. The first-order valence-corrected chi connectivity index (χ1v) is 7.33. The van der Waals surface area contributed by atoms with Crippen LogP contribution in [0.3, 0.4) is 0 Å². The Bertz CT molecular complexity index is 236. The van der Waals surface area contributed by atoms with E-state index in [0.29, 0.717) is 0 Å². The van der Waals surface area contributed by atoms with Crippen LogP contribution < -0.4 is 10.6 Å². The Kier molecular flexibility index (Phi) is 6.65. The Morgan fingerprint density at radius 2 is 1.94 bits per heavy atom. The SMILES string of the molecule is CCC(CC)(CO)NC(=O)C1CCCCCCN1. The molecule has 0 spiro atoms. The summed E-state index contributed by atoms with van der Waals surface area (Å²) in [6.07, 6.45) is 7.16. The zero-order valence-electron chi connectivity index (χ0n) is 11.8. The molecule has 0 radical (unpaired) electrons. The van der Waals surface area contributed by atoms with Crippen LogP contribution in [-0.2, 0) is 4.79 Å². The molecule has 1 unspecified atom stereocenters. The zero-order valence-corrected chi connectivity index (χ0v) is 11.8. The van der Waals surface area contributed by atoms with Crippen molar-refractivity contribution in [1.82, 2.24) is 10.6 Å². The molecule has 0 bridgehead atoms. The van der Waals surface area contributed by atoms with Gasteiger partial charge in [0.1, 0.15) is 0 Å². The van der Waals surface area contributed by atoms with E-state index in [2.05, 4.69) is 10.6 Å². The van der Waals surface area contributed by atoms with Gasteiger partial charge >= 0.3 is 0 Å². The van der Waals surface area contributed by atoms with Gasteiger partial charge in [-0.25, -0.2) is 0 Å². The van der Waals surface area contributed by atoms with E-state index in [1.807, 2.05) is 13.8 Å². The van der Waals surface area contributed by atoms with Crippen molar-refractivity contribution in [2.45, 2.75) is 70.4 Å². The minimum absolute atomic E-state index is 0.0124. The predicted molar refractivity (Wildman–Crippen MR) is 73.4 cm³/mol. The zero-order chi connectivity index (χ0) is 13.4. The second-order valence-electron chi connectivity index (χ2n) is 5.34. The smallest absolute Gasteiger partial charge is 0.237 e. The molecule has 106 valence electrons. The van der Waals surface area contributed by atoms with Gasteiger partial charge in [-0.15, -0.1) is 0 Å². The number of carbonyl (C=O) groups is 1. The number of aliphatic hydroxyl groups excluding tert-OH is 1. The van der Waals surface area contributed by atoms with E-state index in [1.165, 1.54) is 12.8 Å². The Morgan fingerprint density at radius 3 is 2.56 bits per heavy atom. The fourth-order valence-corrected chi connectivity index (χ4v) is 2.47. The van der Waals surface area contributed by atoms with Crippen molar-refractivity contribution in [3.05, 3.63) is 0 Å². The van der Waals surface area contributed by atoms with Gasteiger partial charge < -0.3 is 15.7 Å². The Balaban J connectivity index is 2.56. The maximum atomic E-state index is 12.3. The van der Waals surface area contributed by atoms with Gasteiger partial charge in [-0.1, -0.05) is 33.1 Å². The minimum Gasteiger partial charge on any atom is -0.394 e. The molecule has 1 aliphatic rings. The normalized spacial score (nSPS) is 22.1. The first-order chi connectivity index (χ1) is 8.67. The summed E-state index contributed by atoms with van der Waals surface area (Å²) in [7, 11) is 0. The Morgan fingerprint density at radius 1 is 1.28 bits per heavy atom. The van der Waals surface area contributed by atoms with Crippen molar-refractivity contribution in [1.29, 1.82) is 0 Å². The maximum Gasteiger partial charge on any atom is 0.237 e. The first kappa shape index (κ1) is 15.4. The third-order valence-electron chi connectivity index (χ3n) is 4.17. The van der Waals surface area contributed by atoms with Crippen LogP contribution in [0.25, 0.3) is 0 Å². The van der Waals surface area contributed by atoms with Crippen LogP contribution >= 0.6 is 0 Å². The number of carbonyl (C=O) groups excluding carboxylic acids is 1. The number of nitrogens with one attached hydrogen (secondary N) is 2. The van der Waals surface area contributed by atoms with Gasteiger partial charge in [0, 0.05) is 0 Å². The summed E-state index contributed by atoms with van der Waals surface area (Å²) >= 11 is 0. The standard InChI is InChI=1S/C14H28N2O2/c1-3-14(4-2,11-17)16-13(18)12-9-7-5-6-8-10-15-12/h12,15,17H,3-11H2,1-2H3,(H,16,18). The lowest BCUT2D eigenvalue weighted by atomic mass is 9.93. The average molecular weight is 256 g/mol. The molecule has 1 heterocycles. The predicted octanol–water partition coefficient (Wildman–Crippen LogP) is 1.58. The van der Waals surface area contributed by atoms with E-state index < -0.39 is 5.54 Å². The minimum atomic E-state index is -0.443. The third kappa shape index (κ3) is 4.25. The van der Waals surface area contributed by atoms with Crippen molar-refractivity contribution in [3.63, 3.8) is 0 Å². The molecule has 3 N–H and O–H groups in total. The summed E-state index contributed by atoms with van der Waals surface area (Å²) in [5, 5.41) is 15.9. The van der Waals surface area contributed by atoms with Gasteiger partial charge in [-0.3, -0.25) is 4.79 Å². The van der Waals surface area contributed by atoms with Crippen LogP contribution in [0.15, 0.2) is 0 Å². The van der Waals surface area contributed by atoms with Gasteiger partial charge in [0.05, 0.1) is 18.2 Å². The van der Waals surface area contributed by atoms with Crippen LogP contribution in [0.2, 0.25) is 0 Å². The molecule has 4 heteroatoms. The molecule has 1 amide bonds. The molecule has 1 saturated heterocycles. The van der Waals surface area contributed by atoms with Crippen molar-refractivity contribution in [2.75, 3.05) is 13.2 Å². The topological polar surface area (TPSA) is 61.4 Å². The molecule has 0 aromatic heterocycles. The summed E-state index contributed by atoms with van der Waals surface area (Å²) in [6.45, 7) is 4.94. The summed E-state index contributed by atoms with van der Waals surface area (Å²) in [4.78, 5) is 12.3. The fraction of sp³-hybridized carbons (Fsp3) is 0.929. The van der Waals surface area contributed by atoms with E-state index in [1.54, 1.807) is 0 Å². The first-order valence-electron chi connectivity index (χ1n) is 7.33. The van der Waals surface area contributed by atoms with E-state index in [4.69, 9.17) is 0 Å². The molecule has 1 fully saturated rings. The van der Waals surface area contributed by atoms with Crippen molar-refractivity contribution in [2.24, 2.45) is 0 Å². The second kappa shape index (κ2) is 7.74. The highest BCUT2D eigenvalue weighted by molar-refractivity contribution is 5.82. The van der Waals surface area contributed by atoms with Gasteiger partial charge in [0.25, 0.3) is 0 Å². The lowest BCUT2D eigenvalue weighted by Gasteiger charge is -2.33. The van der Waals surface area contributed by atoms with E-state index in [-0.39, 0.29) is 18.6 Å². The molecule has 18 heavy (non-hydrogen) atoms. The summed E-state index contributed by atoms with van der Waals surface area (Å²) in [6, 6.07) is -0.0886. The molecule has 0 aliphatic carbocycles. The molecule has 1 rings (SSSR count). The van der Waals surface area contributed by atoms with Crippen molar-refractivity contribution < 1.29 is 9.90 Å². The molecular formula is C14H28N2O2. The number of rotatable bonds is 5. The van der Waals surface area contributed by atoms with Crippen LogP contribution in [0.4, 0.5) is 0 Å². The highest BCUT2D eigenvalue weighted by Gasteiger charge is 2.30. The molecule has 4 nitrogen and oxygen atoms in total. The van der Waals surface area contributed by atoms with Gasteiger partial charge in [-0.2, -0.15) is 0 Å². The maximum absolute atomic E-state index is 12.3. The van der Waals surface area contributed by atoms with Gasteiger partial charge in [0.2, 0.25) is 5.91 Å². The number of hydrogen-bond acceptors (Lipinski definition) is 3. The third-order valence-corrected chi connectivity index (χ3v) is 4.17. The molecule has 0 aromatic rings. The highest BCUT2D eigenvalue weighted by atomic mass is 16.3. The molecule has 1 atom stereocenters. The summed E-state index contributed by atoms with van der Waals surface area (Å²) < 4.78 is 0. The van der Waals surface area contributed by atoms with Crippen LogP contribution in [0.1, 0.15) is 58.8 Å².